The van der Waals surface area contributed by atoms with Crippen molar-refractivity contribution in [2.24, 2.45) is 11.8 Å². The van der Waals surface area contributed by atoms with Crippen LogP contribution in [-0.2, 0) is 19.0 Å². The van der Waals surface area contributed by atoms with E-state index in [0.717, 1.165) is 44.4 Å². The molecule has 1 N–H and O–H groups in total. The van der Waals surface area contributed by atoms with E-state index in [9.17, 15) is 9.90 Å². The molecule has 0 aromatic carbocycles. The minimum absolute atomic E-state index is 0.0771. The molecule has 4 aliphatic rings. The van der Waals surface area contributed by atoms with Crippen molar-refractivity contribution < 1.29 is 24.1 Å². The monoisotopic (exact) mass is 389 g/mol. The molecule has 0 aromatic rings. The number of allylic oxidation sites excluding steroid dienone is 1. The molecular formula is C22H31NO5. The van der Waals surface area contributed by atoms with E-state index in [0.29, 0.717) is 28.9 Å². The Balaban J connectivity index is 1.69. The molecule has 6 nitrogen and oxygen atoms in total. The second-order valence-electron chi connectivity index (χ2n) is 8.33. The van der Waals surface area contributed by atoms with E-state index in [1.165, 1.54) is 0 Å². The molecule has 2 saturated heterocycles. The Kier molecular flexibility index (Phi) is 5.27. The summed E-state index contributed by atoms with van der Waals surface area (Å²) in [6.45, 7) is 6.86. The number of hydrogen-bond donors (Lipinski definition) is 1. The summed E-state index contributed by atoms with van der Waals surface area (Å²) >= 11 is 0. The predicted molar refractivity (Wildman–Crippen MR) is 104 cm³/mol. The summed E-state index contributed by atoms with van der Waals surface area (Å²) in [4.78, 5) is 14.6. The third-order valence-corrected chi connectivity index (χ3v) is 6.85. The van der Waals surface area contributed by atoms with Crippen LogP contribution in [0, 0.1) is 11.8 Å². The maximum Gasteiger partial charge on any atom is 0.343 e. The number of aliphatic hydroxyl groups excluding tert-OH is 1. The van der Waals surface area contributed by atoms with Crippen molar-refractivity contribution >= 4 is 5.97 Å². The van der Waals surface area contributed by atoms with Gasteiger partial charge in [-0.3, -0.25) is 4.90 Å². The van der Waals surface area contributed by atoms with E-state index in [1.807, 2.05) is 0 Å². The van der Waals surface area contributed by atoms with Crippen LogP contribution in [0.25, 0.3) is 0 Å². The number of carbonyl (C=O) groups is 1. The van der Waals surface area contributed by atoms with Gasteiger partial charge >= 0.3 is 5.97 Å². The van der Waals surface area contributed by atoms with Crippen LogP contribution < -0.4 is 0 Å². The number of aliphatic hydroxyl groups is 1. The number of piperidine rings is 1. The highest BCUT2D eigenvalue weighted by Crippen LogP contribution is 2.49. The summed E-state index contributed by atoms with van der Waals surface area (Å²) in [5.41, 5.74) is 0.479. The largest absolute Gasteiger partial charge is 0.492 e. The van der Waals surface area contributed by atoms with Gasteiger partial charge in [-0.05, 0) is 38.7 Å². The second-order valence-corrected chi connectivity index (χ2v) is 8.33. The van der Waals surface area contributed by atoms with Crippen molar-refractivity contribution in [3.8, 4) is 0 Å². The molecule has 0 bridgehead atoms. The summed E-state index contributed by atoms with van der Waals surface area (Å²) in [6.07, 6.45) is 6.82. The first-order valence-corrected chi connectivity index (χ1v) is 10.5. The number of hydrogen-bond acceptors (Lipinski definition) is 6. The summed E-state index contributed by atoms with van der Waals surface area (Å²) < 4.78 is 17.3. The topological polar surface area (TPSA) is 68.2 Å². The number of esters is 1. The molecule has 0 unspecified atom stereocenters. The van der Waals surface area contributed by atoms with Crippen LogP contribution in [0.15, 0.2) is 34.7 Å². The molecule has 6 heteroatoms. The second kappa shape index (κ2) is 7.56. The van der Waals surface area contributed by atoms with Crippen LogP contribution in [0.2, 0.25) is 0 Å². The van der Waals surface area contributed by atoms with E-state index in [4.69, 9.17) is 14.2 Å². The first-order chi connectivity index (χ1) is 13.5. The van der Waals surface area contributed by atoms with Crippen molar-refractivity contribution in [1.82, 2.24) is 4.90 Å². The molecule has 0 amide bonds. The van der Waals surface area contributed by atoms with Crippen molar-refractivity contribution in [3.05, 3.63) is 34.7 Å². The van der Waals surface area contributed by atoms with Crippen molar-refractivity contribution in [1.29, 1.82) is 0 Å². The SMILES string of the molecule is CC[C@@H](O)[C@H]1CCC[C@H]2[C@@H]3C(=CCCN12)O/C(=C1\OC(=O)C(C)=C1OC)[C@H]3C. The molecular weight excluding hydrogens is 358 g/mol. The minimum Gasteiger partial charge on any atom is -0.492 e. The predicted octanol–water partition coefficient (Wildman–Crippen LogP) is 3.24. The fraction of sp³-hybridized carbons (Fsp3) is 0.682. The lowest BCUT2D eigenvalue weighted by Crippen LogP contribution is -2.54. The lowest BCUT2D eigenvalue weighted by atomic mass is 9.79. The summed E-state index contributed by atoms with van der Waals surface area (Å²) in [5.74, 6) is 2.48. The molecule has 4 aliphatic heterocycles. The first-order valence-electron chi connectivity index (χ1n) is 10.5. The Morgan fingerprint density at radius 2 is 2.14 bits per heavy atom. The third-order valence-electron chi connectivity index (χ3n) is 6.85. The van der Waals surface area contributed by atoms with Gasteiger partial charge in [0, 0.05) is 30.5 Å². The van der Waals surface area contributed by atoms with Gasteiger partial charge in [-0.2, -0.15) is 0 Å². The maximum atomic E-state index is 12.1. The number of rotatable bonds is 3. The van der Waals surface area contributed by atoms with Crippen LogP contribution in [-0.4, -0.2) is 47.8 Å². The average Bonchev–Trinajstić information content (AvgIpc) is 3.08. The zero-order valence-electron chi connectivity index (χ0n) is 17.2. The van der Waals surface area contributed by atoms with Gasteiger partial charge in [0.15, 0.2) is 11.5 Å². The van der Waals surface area contributed by atoms with E-state index in [1.54, 1.807) is 14.0 Å². The fourth-order valence-electron chi connectivity index (χ4n) is 5.41. The fourth-order valence-corrected chi connectivity index (χ4v) is 5.41. The summed E-state index contributed by atoms with van der Waals surface area (Å²) in [6, 6.07) is 0.538. The van der Waals surface area contributed by atoms with Crippen molar-refractivity contribution in [3.63, 3.8) is 0 Å². The number of fused-ring (bicyclic) bond motifs is 3. The molecule has 5 atom stereocenters. The zero-order valence-corrected chi connectivity index (χ0v) is 17.2. The normalized spacial score (nSPS) is 36.9. The molecule has 0 radical (unpaired) electrons. The highest BCUT2D eigenvalue weighted by molar-refractivity contribution is 5.93. The highest BCUT2D eigenvalue weighted by Gasteiger charge is 2.49. The molecule has 0 aliphatic carbocycles. The van der Waals surface area contributed by atoms with Crippen LogP contribution in [0.3, 0.4) is 0 Å². The quantitative estimate of drug-likeness (QED) is 0.748. The lowest BCUT2D eigenvalue weighted by Gasteiger charge is -2.46. The Morgan fingerprint density at radius 1 is 1.36 bits per heavy atom. The summed E-state index contributed by atoms with van der Waals surface area (Å²) in [7, 11) is 1.55. The number of carbonyl (C=O) groups excluding carboxylic acids is 1. The van der Waals surface area contributed by atoms with Gasteiger partial charge in [0.2, 0.25) is 5.76 Å². The van der Waals surface area contributed by atoms with Gasteiger partial charge in [0.05, 0.1) is 18.8 Å². The molecule has 28 heavy (non-hydrogen) atoms. The molecule has 0 saturated carbocycles. The Morgan fingerprint density at radius 3 is 2.86 bits per heavy atom. The molecule has 0 aromatic heterocycles. The standard InChI is InChI=1S/C22H31NO5/c1-5-16(24)14-8-6-9-15-18-12(2)20(27-17(18)10-7-11-23(14)15)21-19(26-4)13(3)22(25)28-21/h10,12,14-16,18,24H,5-9,11H2,1-4H3/b21-20-/t12-,14+,15-,16+,18+/m0/s1. The van der Waals surface area contributed by atoms with Gasteiger partial charge in [-0.25, -0.2) is 4.79 Å². The van der Waals surface area contributed by atoms with Gasteiger partial charge in [-0.1, -0.05) is 20.3 Å². The third kappa shape index (κ3) is 2.98. The van der Waals surface area contributed by atoms with Crippen molar-refractivity contribution in [2.45, 2.75) is 71.1 Å². The van der Waals surface area contributed by atoms with E-state index in [-0.39, 0.29) is 30.0 Å². The number of methoxy groups -OCH3 is 1. The van der Waals surface area contributed by atoms with Crippen LogP contribution >= 0.6 is 0 Å². The van der Waals surface area contributed by atoms with Gasteiger partial charge in [-0.15, -0.1) is 0 Å². The molecule has 4 rings (SSSR count). The molecule has 0 spiro atoms. The van der Waals surface area contributed by atoms with E-state index in [2.05, 4.69) is 24.8 Å². The van der Waals surface area contributed by atoms with Gasteiger partial charge in [0.1, 0.15) is 5.76 Å². The summed E-state index contributed by atoms with van der Waals surface area (Å²) in [5, 5.41) is 10.6. The Bertz CT molecular complexity index is 752. The van der Waals surface area contributed by atoms with E-state index < -0.39 is 0 Å². The lowest BCUT2D eigenvalue weighted by molar-refractivity contribution is -0.133. The number of ether oxygens (including phenoxy) is 3. The van der Waals surface area contributed by atoms with Crippen molar-refractivity contribution in [2.75, 3.05) is 13.7 Å². The van der Waals surface area contributed by atoms with Crippen LogP contribution in [0.4, 0.5) is 0 Å². The highest BCUT2D eigenvalue weighted by atomic mass is 16.6. The Hall–Kier alpha value is -1.79. The van der Waals surface area contributed by atoms with Crippen LogP contribution in [0.5, 0.6) is 0 Å². The Labute approximate surface area is 166 Å². The van der Waals surface area contributed by atoms with E-state index >= 15 is 0 Å². The zero-order chi connectivity index (χ0) is 20.0. The van der Waals surface area contributed by atoms with Gasteiger partial charge < -0.3 is 19.3 Å². The first kappa shape index (κ1) is 19.5. The molecule has 154 valence electrons. The minimum atomic E-state index is -0.373. The smallest absolute Gasteiger partial charge is 0.343 e. The van der Waals surface area contributed by atoms with Crippen LogP contribution in [0.1, 0.15) is 52.9 Å². The number of nitrogens with zero attached hydrogens (tertiary/aromatic N) is 1. The number of cyclic esters (lactones) is 1. The maximum absolute atomic E-state index is 12.1. The molecule has 4 heterocycles. The molecule has 2 fully saturated rings. The van der Waals surface area contributed by atoms with Gasteiger partial charge in [0.25, 0.3) is 0 Å². The average molecular weight is 389 g/mol.